The maximum absolute atomic E-state index is 13.7. The predicted molar refractivity (Wildman–Crippen MR) is 136 cm³/mol. The zero-order chi connectivity index (χ0) is 25.9. The Morgan fingerprint density at radius 2 is 2.19 bits per heavy atom. The molecule has 1 aliphatic heterocycles. The SMILES string of the molecule is COc1cccc2[nH]c(C(=O)N3C[C@H](c4cccnc4)C[C@H]3C(=O)N[C@H](C#N)C[C@@H]3CCCC3=O)cc12. The van der Waals surface area contributed by atoms with Crippen LogP contribution in [0.15, 0.2) is 48.8 Å². The number of amides is 2. The lowest BCUT2D eigenvalue weighted by Crippen LogP contribution is -2.49. The van der Waals surface area contributed by atoms with Gasteiger partial charge in [0.2, 0.25) is 5.91 Å². The van der Waals surface area contributed by atoms with E-state index < -0.39 is 12.1 Å². The number of H-pyrrole nitrogens is 1. The molecule has 1 saturated heterocycles. The third-order valence-corrected chi connectivity index (χ3v) is 7.52. The number of nitrogens with zero attached hydrogens (tertiary/aromatic N) is 3. The van der Waals surface area contributed by atoms with Crippen molar-refractivity contribution in [3.05, 3.63) is 60.0 Å². The van der Waals surface area contributed by atoms with Crippen molar-refractivity contribution in [2.75, 3.05) is 13.7 Å². The zero-order valence-corrected chi connectivity index (χ0v) is 20.6. The van der Waals surface area contributed by atoms with Gasteiger partial charge in [-0.05, 0) is 55.5 Å². The number of ether oxygens (including phenoxy) is 1. The Labute approximate surface area is 214 Å². The van der Waals surface area contributed by atoms with Crippen LogP contribution in [-0.2, 0) is 9.59 Å². The van der Waals surface area contributed by atoms with Gasteiger partial charge in [-0.25, -0.2) is 0 Å². The van der Waals surface area contributed by atoms with Crippen molar-refractivity contribution >= 4 is 28.5 Å². The van der Waals surface area contributed by atoms with Gasteiger partial charge in [-0.2, -0.15) is 5.26 Å². The smallest absolute Gasteiger partial charge is 0.271 e. The van der Waals surface area contributed by atoms with Gasteiger partial charge < -0.3 is 19.9 Å². The van der Waals surface area contributed by atoms with E-state index in [2.05, 4.69) is 21.4 Å². The van der Waals surface area contributed by atoms with E-state index in [0.29, 0.717) is 37.3 Å². The summed E-state index contributed by atoms with van der Waals surface area (Å²) in [5.74, 6) is -0.164. The summed E-state index contributed by atoms with van der Waals surface area (Å²) < 4.78 is 5.43. The normalized spacial score (nSPS) is 22.1. The number of Topliss-reactive ketones (excluding diaryl/α,β-unsaturated/α-hetero) is 1. The van der Waals surface area contributed by atoms with Gasteiger partial charge in [0.1, 0.15) is 29.3 Å². The van der Waals surface area contributed by atoms with Crippen molar-refractivity contribution in [2.45, 2.75) is 50.1 Å². The first-order valence-corrected chi connectivity index (χ1v) is 12.6. The average Bonchev–Trinajstić information content (AvgIpc) is 3.66. The molecule has 0 radical (unpaired) electrons. The monoisotopic (exact) mass is 499 g/mol. The topological polar surface area (TPSA) is 128 Å². The summed E-state index contributed by atoms with van der Waals surface area (Å²) in [6.07, 6.45) is 6.25. The second-order valence-electron chi connectivity index (χ2n) is 9.78. The van der Waals surface area contributed by atoms with E-state index in [1.165, 1.54) is 0 Å². The molecule has 3 aromatic rings. The number of rotatable bonds is 7. The Kier molecular flexibility index (Phi) is 6.91. The number of aromatic amines is 1. The molecule has 0 bridgehead atoms. The largest absolute Gasteiger partial charge is 0.496 e. The van der Waals surface area contributed by atoms with Crippen LogP contribution in [0.2, 0.25) is 0 Å². The number of likely N-dealkylation sites (tertiary alicyclic amines) is 1. The number of hydrogen-bond acceptors (Lipinski definition) is 6. The lowest BCUT2D eigenvalue weighted by Gasteiger charge is -2.25. The summed E-state index contributed by atoms with van der Waals surface area (Å²) >= 11 is 0. The van der Waals surface area contributed by atoms with Crippen LogP contribution < -0.4 is 10.1 Å². The van der Waals surface area contributed by atoms with Gasteiger partial charge in [-0.15, -0.1) is 0 Å². The number of benzene rings is 1. The molecule has 0 spiro atoms. The van der Waals surface area contributed by atoms with Crippen LogP contribution in [-0.4, -0.2) is 58.2 Å². The number of pyridine rings is 1. The highest BCUT2D eigenvalue weighted by Gasteiger charge is 2.42. The van der Waals surface area contributed by atoms with Gasteiger partial charge in [0.05, 0.1) is 13.2 Å². The minimum atomic E-state index is -0.786. The van der Waals surface area contributed by atoms with Crippen molar-refractivity contribution < 1.29 is 19.1 Å². The fourth-order valence-corrected chi connectivity index (χ4v) is 5.58. The molecule has 190 valence electrons. The average molecular weight is 500 g/mol. The van der Waals surface area contributed by atoms with Crippen molar-refractivity contribution in [3.8, 4) is 11.8 Å². The fraction of sp³-hybridized carbons (Fsp3) is 0.393. The summed E-state index contributed by atoms with van der Waals surface area (Å²) in [5.41, 5.74) is 2.07. The first-order chi connectivity index (χ1) is 18.0. The first-order valence-electron chi connectivity index (χ1n) is 12.6. The minimum absolute atomic E-state index is 0.0794. The Morgan fingerprint density at radius 1 is 1.32 bits per heavy atom. The lowest BCUT2D eigenvalue weighted by atomic mass is 9.96. The molecule has 2 aliphatic rings. The molecule has 37 heavy (non-hydrogen) atoms. The van der Waals surface area contributed by atoms with E-state index in [9.17, 15) is 19.6 Å². The molecule has 0 unspecified atom stereocenters. The maximum Gasteiger partial charge on any atom is 0.271 e. The second kappa shape index (κ2) is 10.4. The molecule has 1 saturated carbocycles. The van der Waals surface area contributed by atoms with Gasteiger partial charge in [0.15, 0.2) is 0 Å². The highest BCUT2D eigenvalue weighted by Crippen LogP contribution is 2.34. The molecular formula is C28H29N5O4. The molecule has 3 heterocycles. The van der Waals surface area contributed by atoms with Crippen LogP contribution in [0.5, 0.6) is 5.75 Å². The third-order valence-electron chi connectivity index (χ3n) is 7.52. The molecule has 2 N–H and O–H groups in total. The molecular weight excluding hydrogens is 470 g/mol. The number of hydrogen-bond donors (Lipinski definition) is 2. The van der Waals surface area contributed by atoms with E-state index in [-0.39, 0.29) is 29.4 Å². The Hall–Kier alpha value is -4.19. The number of nitrogens with one attached hydrogen (secondary N) is 2. The third kappa shape index (κ3) is 4.92. The molecule has 5 rings (SSSR count). The first kappa shape index (κ1) is 24.5. The van der Waals surface area contributed by atoms with Crippen molar-refractivity contribution in [3.63, 3.8) is 0 Å². The van der Waals surface area contributed by atoms with Gasteiger partial charge in [0.25, 0.3) is 5.91 Å². The molecule has 1 aromatic carbocycles. The van der Waals surface area contributed by atoms with Gasteiger partial charge in [-0.3, -0.25) is 19.4 Å². The number of methoxy groups -OCH3 is 1. The van der Waals surface area contributed by atoms with Crippen molar-refractivity contribution in [2.24, 2.45) is 5.92 Å². The molecule has 2 amide bonds. The van der Waals surface area contributed by atoms with E-state index in [4.69, 9.17) is 4.74 Å². The molecule has 9 nitrogen and oxygen atoms in total. The van der Waals surface area contributed by atoms with Crippen LogP contribution in [0, 0.1) is 17.2 Å². The van der Waals surface area contributed by atoms with Crippen LogP contribution >= 0.6 is 0 Å². The van der Waals surface area contributed by atoms with E-state index in [1.54, 1.807) is 30.5 Å². The summed E-state index contributed by atoms with van der Waals surface area (Å²) in [4.78, 5) is 48.2. The standard InChI is InChI=1S/C28H29N5O4/c1-37-26-9-3-7-22-21(26)13-23(32-22)28(36)33-16-19(18-6-4-10-30-15-18)12-24(33)27(35)31-20(14-29)11-17-5-2-8-25(17)34/h3-4,6-7,9-10,13,15,17,19-20,24,32H,2,5,8,11-12,16H2,1H3,(H,31,35)/t17-,19+,20-,24-/m0/s1. The lowest BCUT2D eigenvalue weighted by molar-refractivity contribution is -0.126. The Bertz CT molecular complexity index is 1360. The van der Waals surface area contributed by atoms with Gasteiger partial charge in [0, 0.05) is 48.1 Å². The molecule has 9 heteroatoms. The minimum Gasteiger partial charge on any atom is -0.496 e. The highest BCUT2D eigenvalue weighted by molar-refractivity contribution is 6.02. The summed E-state index contributed by atoms with van der Waals surface area (Å²) in [7, 11) is 1.58. The predicted octanol–water partition coefficient (Wildman–Crippen LogP) is 3.34. The van der Waals surface area contributed by atoms with Crippen molar-refractivity contribution in [1.29, 1.82) is 5.26 Å². The van der Waals surface area contributed by atoms with E-state index in [1.807, 2.05) is 30.3 Å². The number of aromatic nitrogens is 2. The summed E-state index contributed by atoms with van der Waals surface area (Å²) in [5, 5.41) is 13.3. The van der Waals surface area contributed by atoms with Gasteiger partial charge in [-0.1, -0.05) is 12.1 Å². The maximum atomic E-state index is 13.7. The summed E-state index contributed by atoms with van der Waals surface area (Å²) in [6.45, 7) is 0.341. The zero-order valence-electron chi connectivity index (χ0n) is 20.6. The second-order valence-corrected chi connectivity index (χ2v) is 9.78. The van der Waals surface area contributed by atoms with Crippen LogP contribution in [0.1, 0.15) is 54.1 Å². The number of nitriles is 1. The number of ketones is 1. The quantitative estimate of drug-likeness (QED) is 0.513. The van der Waals surface area contributed by atoms with Gasteiger partial charge >= 0.3 is 0 Å². The molecule has 4 atom stereocenters. The number of fused-ring (bicyclic) bond motifs is 1. The molecule has 2 aromatic heterocycles. The van der Waals surface area contributed by atoms with E-state index in [0.717, 1.165) is 29.3 Å². The van der Waals surface area contributed by atoms with Crippen LogP contribution in [0.25, 0.3) is 10.9 Å². The van der Waals surface area contributed by atoms with Crippen LogP contribution in [0.4, 0.5) is 0 Å². The van der Waals surface area contributed by atoms with Crippen LogP contribution in [0.3, 0.4) is 0 Å². The number of carbonyl (C=O) groups is 3. The highest BCUT2D eigenvalue weighted by atomic mass is 16.5. The molecule has 1 aliphatic carbocycles. The molecule has 2 fully saturated rings. The number of carbonyl (C=O) groups excluding carboxylic acids is 3. The van der Waals surface area contributed by atoms with E-state index >= 15 is 0 Å². The Morgan fingerprint density at radius 3 is 2.89 bits per heavy atom. The summed E-state index contributed by atoms with van der Waals surface area (Å²) in [6, 6.07) is 11.6. The van der Waals surface area contributed by atoms with Crippen molar-refractivity contribution in [1.82, 2.24) is 20.2 Å². The fourth-order valence-electron chi connectivity index (χ4n) is 5.58. The Balaban J connectivity index is 1.40.